The third-order valence-corrected chi connectivity index (χ3v) is 3.81. The van der Waals surface area contributed by atoms with E-state index in [1.165, 1.54) is 0 Å². The molecule has 1 heterocycles. The van der Waals surface area contributed by atoms with Gasteiger partial charge in [-0.05, 0) is 45.2 Å². The first-order valence-corrected chi connectivity index (χ1v) is 7.00. The van der Waals surface area contributed by atoms with Gasteiger partial charge in [0.05, 0.1) is 0 Å². The molecule has 0 radical (unpaired) electrons. The molecule has 1 fully saturated rings. The van der Waals surface area contributed by atoms with Crippen molar-refractivity contribution >= 4 is 11.6 Å². The van der Waals surface area contributed by atoms with E-state index in [0.717, 1.165) is 25.8 Å². The third kappa shape index (κ3) is 4.59. The van der Waals surface area contributed by atoms with Gasteiger partial charge < -0.3 is 10.0 Å². The monoisotopic (exact) mass is 287 g/mol. The molecule has 2 nitrogen and oxygen atoms in total. The predicted octanol–water partition coefficient (Wildman–Crippen LogP) is 3.17. The molecule has 1 atom stereocenters. The number of likely N-dealkylation sites (tertiary alicyclic amines) is 1. The summed E-state index contributed by atoms with van der Waals surface area (Å²) < 4.78 is 38.1. The molecular formula is C12H21ClF3NO. The molecule has 0 bridgehead atoms. The summed E-state index contributed by atoms with van der Waals surface area (Å²) in [5.74, 6) is 0.633. The summed E-state index contributed by atoms with van der Waals surface area (Å²) in [7, 11) is 0. The molecule has 1 N–H and O–H groups in total. The van der Waals surface area contributed by atoms with Gasteiger partial charge in [-0.3, -0.25) is 0 Å². The van der Waals surface area contributed by atoms with E-state index in [1.54, 1.807) is 0 Å². The average molecular weight is 288 g/mol. The van der Waals surface area contributed by atoms with Crippen molar-refractivity contribution in [1.29, 1.82) is 0 Å². The van der Waals surface area contributed by atoms with E-state index in [2.05, 4.69) is 0 Å². The lowest BCUT2D eigenvalue weighted by atomic mass is 9.94. The summed E-state index contributed by atoms with van der Waals surface area (Å²) in [5.41, 5.74) is -2.49. The molecule has 0 aromatic heterocycles. The zero-order valence-corrected chi connectivity index (χ0v) is 11.2. The van der Waals surface area contributed by atoms with Crippen molar-refractivity contribution in [2.24, 2.45) is 0 Å². The highest BCUT2D eigenvalue weighted by Gasteiger charge is 2.53. The number of nitrogens with zero attached hydrogens (tertiary/aromatic N) is 1. The standard InChI is InChI=1S/C12H21ClF3NO/c13-7-2-1-3-8-17-9-4-5-11(18,6-10-17)12(14,15)16/h18H,1-10H2. The molecule has 0 spiro atoms. The second-order valence-corrected chi connectivity index (χ2v) is 5.35. The smallest absolute Gasteiger partial charge is 0.380 e. The summed E-state index contributed by atoms with van der Waals surface area (Å²) in [4.78, 5) is 2.01. The molecular weight excluding hydrogens is 267 g/mol. The molecule has 1 saturated heterocycles. The normalized spacial score (nSPS) is 27.2. The minimum atomic E-state index is -4.51. The number of hydrogen-bond acceptors (Lipinski definition) is 2. The molecule has 108 valence electrons. The van der Waals surface area contributed by atoms with E-state index in [0.29, 0.717) is 25.4 Å². The van der Waals surface area contributed by atoms with Crippen molar-refractivity contribution in [2.75, 3.05) is 25.5 Å². The van der Waals surface area contributed by atoms with Crippen LogP contribution in [0.4, 0.5) is 13.2 Å². The second-order valence-electron chi connectivity index (χ2n) is 4.97. The first-order valence-electron chi connectivity index (χ1n) is 6.46. The van der Waals surface area contributed by atoms with Crippen LogP contribution >= 0.6 is 11.6 Å². The van der Waals surface area contributed by atoms with Gasteiger partial charge in [0.2, 0.25) is 0 Å². The molecule has 1 rings (SSSR count). The Morgan fingerprint density at radius 3 is 2.44 bits per heavy atom. The number of aliphatic hydroxyl groups is 1. The van der Waals surface area contributed by atoms with E-state index in [1.807, 2.05) is 4.90 Å². The summed E-state index contributed by atoms with van der Waals surface area (Å²) in [5, 5.41) is 9.65. The fraction of sp³-hybridized carbons (Fsp3) is 1.00. The molecule has 0 aromatic rings. The molecule has 0 aliphatic carbocycles. The van der Waals surface area contributed by atoms with Crippen LogP contribution in [0.15, 0.2) is 0 Å². The first kappa shape index (κ1) is 16.1. The SMILES string of the molecule is OC1(C(F)(F)F)CCCN(CCCCCCl)CC1. The summed E-state index contributed by atoms with van der Waals surface area (Å²) in [6, 6.07) is 0. The van der Waals surface area contributed by atoms with Crippen molar-refractivity contribution in [3.05, 3.63) is 0 Å². The van der Waals surface area contributed by atoms with Crippen molar-refractivity contribution in [1.82, 2.24) is 4.90 Å². The maximum absolute atomic E-state index is 12.7. The highest BCUT2D eigenvalue weighted by molar-refractivity contribution is 6.17. The number of halogens is 4. The van der Waals surface area contributed by atoms with Gasteiger partial charge >= 0.3 is 6.18 Å². The number of rotatable bonds is 5. The lowest BCUT2D eigenvalue weighted by molar-refractivity contribution is -0.263. The minimum absolute atomic E-state index is 0.186. The maximum Gasteiger partial charge on any atom is 0.417 e. The Bertz CT molecular complexity index is 250. The average Bonchev–Trinajstić information content (AvgIpc) is 2.47. The van der Waals surface area contributed by atoms with Crippen LogP contribution in [0.1, 0.15) is 38.5 Å². The van der Waals surface area contributed by atoms with Crippen LogP contribution < -0.4 is 0 Å². The third-order valence-electron chi connectivity index (χ3n) is 3.54. The second kappa shape index (κ2) is 6.96. The highest BCUT2D eigenvalue weighted by Crippen LogP contribution is 2.38. The van der Waals surface area contributed by atoms with Crippen LogP contribution in [0.2, 0.25) is 0 Å². The van der Waals surface area contributed by atoms with Gasteiger partial charge in [-0.2, -0.15) is 13.2 Å². The largest absolute Gasteiger partial charge is 0.417 e. The first-order chi connectivity index (χ1) is 8.39. The molecule has 6 heteroatoms. The van der Waals surface area contributed by atoms with E-state index >= 15 is 0 Å². The van der Waals surface area contributed by atoms with E-state index in [-0.39, 0.29) is 12.8 Å². The van der Waals surface area contributed by atoms with Crippen LogP contribution in [-0.2, 0) is 0 Å². The van der Waals surface area contributed by atoms with E-state index < -0.39 is 11.8 Å². The Morgan fingerprint density at radius 1 is 1.11 bits per heavy atom. The van der Waals surface area contributed by atoms with Gasteiger partial charge in [-0.1, -0.05) is 6.42 Å². The quantitative estimate of drug-likeness (QED) is 0.620. The van der Waals surface area contributed by atoms with Gasteiger partial charge in [0.1, 0.15) is 0 Å². The van der Waals surface area contributed by atoms with Crippen LogP contribution in [0.5, 0.6) is 0 Å². The van der Waals surface area contributed by atoms with Crippen LogP contribution in [0, 0.1) is 0 Å². The molecule has 0 aromatic carbocycles. The zero-order chi connectivity index (χ0) is 13.6. The maximum atomic E-state index is 12.7. The lowest BCUT2D eigenvalue weighted by Gasteiger charge is -2.29. The molecule has 1 aliphatic rings. The Morgan fingerprint density at radius 2 is 1.83 bits per heavy atom. The van der Waals surface area contributed by atoms with Gasteiger partial charge in [0.25, 0.3) is 0 Å². The topological polar surface area (TPSA) is 23.5 Å². The van der Waals surface area contributed by atoms with Crippen LogP contribution in [0.3, 0.4) is 0 Å². The predicted molar refractivity (Wildman–Crippen MR) is 65.9 cm³/mol. The zero-order valence-electron chi connectivity index (χ0n) is 10.5. The molecule has 0 amide bonds. The van der Waals surface area contributed by atoms with Crippen molar-refractivity contribution in [3.63, 3.8) is 0 Å². The van der Waals surface area contributed by atoms with E-state index in [9.17, 15) is 18.3 Å². The molecule has 0 saturated carbocycles. The molecule has 1 aliphatic heterocycles. The van der Waals surface area contributed by atoms with Crippen molar-refractivity contribution in [3.8, 4) is 0 Å². The Balaban J connectivity index is 2.37. The Hall–Kier alpha value is 0. The van der Waals surface area contributed by atoms with Gasteiger partial charge in [0, 0.05) is 12.4 Å². The fourth-order valence-electron chi connectivity index (χ4n) is 2.29. The van der Waals surface area contributed by atoms with E-state index in [4.69, 9.17) is 11.6 Å². The van der Waals surface area contributed by atoms with Gasteiger partial charge in [-0.25, -0.2) is 0 Å². The number of unbranched alkanes of at least 4 members (excludes halogenated alkanes) is 2. The molecule has 1 unspecified atom stereocenters. The lowest BCUT2D eigenvalue weighted by Crippen LogP contribution is -2.45. The Labute approximate surface area is 111 Å². The van der Waals surface area contributed by atoms with Gasteiger partial charge in [-0.15, -0.1) is 11.6 Å². The number of alkyl halides is 4. The minimum Gasteiger partial charge on any atom is -0.380 e. The van der Waals surface area contributed by atoms with Crippen molar-refractivity contribution < 1.29 is 18.3 Å². The fourth-order valence-corrected chi connectivity index (χ4v) is 2.48. The Kier molecular flexibility index (Phi) is 6.21. The summed E-state index contributed by atoms with van der Waals surface area (Å²) in [6.07, 6.45) is -1.61. The summed E-state index contributed by atoms with van der Waals surface area (Å²) in [6.45, 7) is 1.75. The summed E-state index contributed by atoms with van der Waals surface area (Å²) >= 11 is 5.57. The highest BCUT2D eigenvalue weighted by atomic mass is 35.5. The van der Waals surface area contributed by atoms with Crippen LogP contribution in [0.25, 0.3) is 0 Å². The number of hydrogen-bond donors (Lipinski definition) is 1. The van der Waals surface area contributed by atoms with Crippen molar-refractivity contribution in [2.45, 2.75) is 50.3 Å². The van der Waals surface area contributed by atoms with Gasteiger partial charge in [0.15, 0.2) is 5.60 Å². The molecule has 18 heavy (non-hydrogen) atoms. The van der Waals surface area contributed by atoms with Crippen LogP contribution in [-0.4, -0.2) is 47.3 Å².